The maximum atomic E-state index is 12.3. The molecule has 1 aliphatic heterocycles. The number of nitrogens with zero attached hydrogens (tertiary/aromatic N) is 1. The number of hydrogen-bond donors (Lipinski definition) is 1. The molecule has 0 aromatic heterocycles. The van der Waals surface area contributed by atoms with Crippen molar-refractivity contribution in [3.63, 3.8) is 0 Å². The lowest BCUT2D eigenvalue weighted by Gasteiger charge is -2.27. The van der Waals surface area contributed by atoms with E-state index in [0.29, 0.717) is 25.6 Å². The molecule has 2 rings (SSSR count). The summed E-state index contributed by atoms with van der Waals surface area (Å²) in [5.74, 6) is 1.53. The Hall–Kier alpha value is -0.130. The van der Waals surface area contributed by atoms with Gasteiger partial charge in [-0.2, -0.15) is 12.7 Å². The summed E-state index contributed by atoms with van der Waals surface area (Å²) in [6.07, 6.45) is 10.5. The average Bonchev–Trinajstić information content (AvgIpc) is 2.68. The second-order valence-electron chi connectivity index (χ2n) is 6.64. The first-order chi connectivity index (χ1) is 9.58. The van der Waals surface area contributed by atoms with Crippen molar-refractivity contribution in [3.8, 4) is 0 Å². The third kappa shape index (κ3) is 5.01. The summed E-state index contributed by atoms with van der Waals surface area (Å²) in [5.41, 5.74) is 0. The van der Waals surface area contributed by atoms with Gasteiger partial charge in [-0.15, -0.1) is 0 Å². The van der Waals surface area contributed by atoms with Crippen LogP contribution >= 0.6 is 0 Å². The van der Waals surface area contributed by atoms with Crippen molar-refractivity contribution in [2.75, 3.05) is 19.6 Å². The SMILES string of the molecule is C[C@@H]1CCC[C@@H](CCNS(=O)(=O)N2CCCCCC2)C1. The molecule has 2 fully saturated rings. The van der Waals surface area contributed by atoms with Crippen LogP contribution < -0.4 is 4.72 Å². The van der Waals surface area contributed by atoms with E-state index in [4.69, 9.17) is 0 Å². The monoisotopic (exact) mass is 302 g/mol. The standard InChI is InChI=1S/C15H30N2O2S/c1-14-7-6-8-15(13-14)9-10-16-20(18,19)17-11-4-2-3-5-12-17/h14-16H,2-13H2,1H3/t14-,15+/m1/s1. The summed E-state index contributed by atoms with van der Waals surface area (Å²) in [7, 11) is -3.24. The smallest absolute Gasteiger partial charge is 0.202 e. The number of nitrogens with one attached hydrogen (secondary N) is 1. The molecule has 1 aliphatic carbocycles. The minimum absolute atomic E-state index is 0.607. The van der Waals surface area contributed by atoms with Crippen LogP contribution in [0.3, 0.4) is 0 Å². The quantitative estimate of drug-likeness (QED) is 0.849. The van der Waals surface area contributed by atoms with E-state index >= 15 is 0 Å². The van der Waals surface area contributed by atoms with Crippen LogP contribution in [0.25, 0.3) is 0 Å². The Morgan fingerprint density at radius 1 is 1.05 bits per heavy atom. The van der Waals surface area contributed by atoms with E-state index in [2.05, 4.69) is 11.6 Å². The van der Waals surface area contributed by atoms with Crippen LogP contribution in [0, 0.1) is 11.8 Å². The van der Waals surface area contributed by atoms with E-state index in [9.17, 15) is 8.42 Å². The van der Waals surface area contributed by atoms with Crippen LogP contribution in [0.5, 0.6) is 0 Å². The summed E-state index contributed by atoms with van der Waals surface area (Å²) in [6.45, 7) is 4.30. The molecule has 0 spiro atoms. The molecule has 1 heterocycles. The molecule has 2 atom stereocenters. The zero-order valence-electron chi connectivity index (χ0n) is 12.8. The molecule has 0 radical (unpaired) electrons. The van der Waals surface area contributed by atoms with E-state index in [-0.39, 0.29) is 0 Å². The average molecular weight is 302 g/mol. The Labute approximate surface area is 124 Å². The number of rotatable bonds is 5. The predicted molar refractivity (Wildman–Crippen MR) is 82.7 cm³/mol. The first-order valence-corrected chi connectivity index (χ1v) is 9.76. The van der Waals surface area contributed by atoms with Crippen LogP contribution in [-0.2, 0) is 10.2 Å². The Balaban J connectivity index is 1.74. The molecule has 118 valence electrons. The zero-order chi connectivity index (χ0) is 14.4. The van der Waals surface area contributed by atoms with Gasteiger partial charge >= 0.3 is 0 Å². The summed E-state index contributed by atoms with van der Waals surface area (Å²) in [4.78, 5) is 0. The molecule has 0 amide bonds. The molecule has 4 nitrogen and oxygen atoms in total. The molecular weight excluding hydrogens is 272 g/mol. The fourth-order valence-electron chi connectivity index (χ4n) is 3.59. The van der Waals surface area contributed by atoms with Crippen LogP contribution in [0.2, 0.25) is 0 Å². The Morgan fingerprint density at radius 3 is 2.40 bits per heavy atom. The van der Waals surface area contributed by atoms with Crippen molar-refractivity contribution < 1.29 is 8.42 Å². The fourth-order valence-corrected chi connectivity index (χ4v) is 4.88. The van der Waals surface area contributed by atoms with E-state index in [0.717, 1.165) is 38.0 Å². The van der Waals surface area contributed by atoms with Crippen LogP contribution in [0.4, 0.5) is 0 Å². The van der Waals surface area contributed by atoms with Crippen molar-refractivity contribution in [1.29, 1.82) is 0 Å². The van der Waals surface area contributed by atoms with E-state index in [1.54, 1.807) is 4.31 Å². The first kappa shape index (κ1) is 16.2. The van der Waals surface area contributed by atoms with E-state index < -0.39 is 10.2 Å². The van der Waals surface area contributed by atoms with Gasteiger partial charge in [-0.1, -0.05) is 39.0 Å². The van der Waals surface area contributed by atoms with Gasteiger partial charge in [0.25, 0.3) is 10.2 Å². The highest BCUT2D eigenvalue weighted by atomic mass is 32.2. The number of hydrogen-bond acceptors (Lipinski definition) is 2. The molecule has 5 heteroatoms. The normalized spacial score (nSPS) is 30.1. The minimum Gasteiger partial charge on any atom is -0.202 e. The van der Waals surface area contributed by atoms with Crippen molar-refractivity contribution in [2.24, 2.45) is 11.8 Å². The van der Waals surface area contributed by atoms with Gasteiger partial charge in [-0.05, 0) is 37.5 Å². The summed E-state index contributed by atoms with van der Waals surface area (Å²) < 4.78 is 29.0. The maximum Gasteiger partial charge on any atom is 0.279 e. The van der Waals surface area contributed by atoms with Gasteiger partial charge in [0.05, 0.1) is 0 Å². The van der Waals surface area contributed by atoms with Crippen molar-refractivity contribution >= 4 is 10.2 Å². The molecule has 1 saturated heterocycles. The highest BCUT2D eigenvalue weighted by molar-refractivity contribution is 7.87. The van der Waals surface area contributed by atoms with Gasteiger partial charge < -0.3 is 0 Å². The van der Waals surface area contributed by atoms with Gasteiger partial charge in [0.2, 0.25) is 0 Å². The third-order valence-electron chi connectivity index (χ3n) is 4.79. The van der Waals surface area contributed by atoms with Crippen LogP contribution in [-0.4, -0.2) is 32.4 Å². The molecule has 0 aromatic carbocycles. The van der Waals surface area contributed by atoms with Crippen molar-refractivity contribution in [2.45, 2.75) is 64.7 Å². The molecule has 1 N–H and O–H groups in total. The molecule has 0 unspecified atom stereocenters. The second kappa shape index (κ2) is 7.76. The lowest BCUT2D eigenvalue weighted by atomic mass is 9.81. The lowest BCUT2D eigenvalue weighted by molar-refractivity contribution is 0.270. The highest BCUT2D eigenvalue weighted by Crippen LogP contribution is 2.30. The van der Waals surface area contributed by atoms with Crippen LogP contribution in [0.1, 0.15) is 64.7 Å². The van der Waals surface area contributed by atoms with Gasteiger partial charge in [0.1, 0.15) is 0 Å². The fraction of sp³-hybridized carbons (Fsp3) is 1.00. The van der Waals surface area contributed by atoms with Crippen LogP contribution in [0.15, 0.2) is 0 Å². The van der Waals surface area contributed by atoms with Gasteiger partial charge in [-0.25, -0.2) is 4.72 Å². The summed E-state index contributed by atoms with van der Waals surface area (Å²) in [5, 5.41) is 0. The molecule has 0 bridgehead atoms. The molecule has 1 saturated carbocycles. The Bertz CT molecular complexity index is 375. The molecule has 0 aromatic rings. The molecular formula is C15H30N2O2S. The van der Waals surface area contributed by atoms with Crippen molar-refractivity contribution in [3.05, 3.63) is 0 Å². The first-order valence-electron chi connectivity index (χ1n) is 8.32. The predicted octanol–water partition coefficient (Wildman–Crippen LogP) is 2.91. The lowest BCUT2D eigenvalue weighted by Crippen LogP contribution is -2.42. The molecule has 20 heavy (non-hydrogen) atoms. The van der Waals surface area contributed by atoms with E-state index in [1.807, 2.05) is 0 Å². The topological polar surface area (TPSA) is 49.4 Å². The third-order valence-corrected chi connectivity index (χ3v) is 6.40. The zero-order valence-corrected chi connectivity index (χ0v) is 13.6. The Morgan fingerprint density at radius 2 is 1.75 bits per heavy atom. The maximum absolute atomic E-state index is 12.3. The highest BCUT2D eigenvalue weighted by Gasteiger charge is 2.23. The summed E-state index contributed by atoms with van der Waals surface area (Å²) >= 11 is 0. The molecule has 2 aliphatic rings. The minimum atomic E-state index is -3.24. The summed E-state index contributed by atoms with van der Waals surface area (Å²) in [6, 6.07) is 0. The Kier molecular flexibility index (Phi) is 6.30. The van der Waals surface area contributed by atoms with Gasteiger partial charge in [-0.3, -0.25) is 0 Å². The van der Waals surface area contributed by atoms with Gasteiger partial charge in [0, 0.05) is 19.6 Å². The largest absolute Gasteiger partial charge is 0.279 e. The van der Waals surface area contributed by atoms with Crippen molar-refractivity contribution in [1.82, 2.24) is 9.03 Å². The second-order valence-corrected chi connectivity index (χ2v) is 8.39. The van der Waals surface area contributed by atoms with Gasteiger partial charge in [0.15, 0.2) is 0 Å². The van der Waals surface area contributed by atoms with E-state index in [1.165, 1.54) is 25.7 Å².